The Morgan fingerprint density at radius 2 is 2.11 bits per heavy atom. The van der Waals surface area contributed by atoms with Crippen molar-refractivity contribution in [2.24, 2.45) is 0 Å². The molecule has 0 fully saturated rings. The highest BCUT2D eigenvalue weighted by atomic mass is 32.2. The van der Waals surface area contributed by atoms with Gasteiger partial charge in [-0.2, -0.15) is 0 Å². The SMILES string of the molecule is COC(=O)C[S+](C)c1c([O-])c2ccccc2oc1=O. The van der Waals surface area contributed by atoms with Crippen LogP contribution >= 0.6 is 0 Å². The molecule has 2 aromatic rings. The van der Waals surface area contributed by atoms with Crippen LogP contribution in [0.5, 0.6) is 5.75 Å². The standard InChI is InChI=1S/C13H12O5S/c1-17-10(14)7-19(2)12-11(15)8-5-3-4-6-9(8)18-13(12)16/h3-6H,7H2,1-2H3. The van der Waals surface area contributed by atoms with E-state index in [1.54, 1.807) is 30.5 Å². The molecule has 0 aliphatic rings. The van der Waals surface area contributed by atoms with Crippen molar-refractivity contribution in [3.05, 3.63) is 34.7 Å². The van der Waals surface area contributed by atoms with E-state index >= 15 is 0 Å². The second kappa shape index (κ2) is 5.36. The topological polar surface area (TPSA) is 79.6 Å². The highest BCUT2D eigenvalue weighted by molar-refractivity contribution is 7.97. The van der Waals surface area contributed by atoms with Gasteiger partial charge in [0.15, 0.2) is 0 Å². The first-order chi connectivity index (χ1) is 9.04. The van der Waals surface area contributed by atoms with Crippen LogP contribution in [0.3, 0.4) is 0 Å². The summed E-state index contributed by atoms with van der Waals surface area (Å²) in [5, 5.41) is 12.6. The Balaban J connectivity index is 2.54. The third-order valence-electron chi connectivity index (χ3n) is 2.64. The van der Waals surface area contributed by atoms with Crippen LogP contribution in [0, 0.1) is 0 Å². The summed E-state index contributed by atoms with van der Waals surface area (Å²) in [5.74, 6) is -0.839. The summed E-state index contributed by atoms with van der Waals surface area (Å²) in [4.78, 5) is 23.1. The predicted octanol–water partition coefficient (Wildman–Crippen LogP) is 0.647. The summed E-state index contributed by atoms with van der Waals surface area (Å²) >= 11 is 0. The summed E-state index contributed by atoms with van der Waals surface area (Å²) in [7, 11) is 0.429. The minimum atomic E-state index is -0.836. The molecule has 2 rings (SSSR count). The Kier molecular flexibility index (Phi) is 3.80. The maximum atomic E-state index is 12.3. The smallest absolute Gasteiger partial charge is 0.391 e. The lowest BCUT2D eigenvalue weighted by Crippen LogP contribution is -2.23. The maximum absolute atomic E-state index is 12.3. The van der Waals surface area contributed by atoms with Crippen molar-refractivity contribution < 1.29 is 19.1 Å². The Morgan fingerprint density at radius 3 is 2.79 bits per heavy atom. The van der Waals surface area contributed by atoms with Crippen LogP contribution in [0.4, 0.5) is 0 Å². The van der Waals surface area contributed by atoms with Gasteiger partial charge in [-0.1, -0.05) is 18.2 Å². The largest absolute Gasteiger partial charge is 0.868 e. The zero-order chi connectivity index (χ0) is 14.0. The molecule has 0 saturated heterocycles. The molecule has 100 valence electrons. The minimum Gasteiger partial charge on any atom is -0.868 e. The van der Waals surface area contributed by atoms with Crippen molar-refractivity contribution >= 4 is 27.8 Å². The van der Waals surface area contributed by atoms with Gasteiger partial charge in [-0.05, 0) is 11.8 Å². The fourth-order valence-electron chi connectivity index (χ4n) is 1.71. The van der Waals surface area contributed by atoms with Crippen LogP contribution in [0.25, 0.3) is 11.0 Å². The molecule has 0 bridgehead atoms. The first-order valence-electron chi connectivity index (χ1n) is 5.46. The highest BCUT2D eigenvalue weighted by Gasteiger charge is 2.27. The Labute approximate surface area is 112 Å². The molecule has 0 amide bonds. The first kappa shape index (κ1) is 13.5. The predicted molar refractivity (Wildman–Crippen MR) is 70.4 cm³/mol. The van der Waals surface area contributed by atoms with Gasteiger partial charge in [-0.25, -0.2) is 9.59 Å². The zero-order valence-electron chi connectivity index (χ0n) is 10.5. The molecule has 1 aromatic carbocycles. The molecular weight excluding hydrogens is 268 g/mol. The summed E-state index contributed by atoms with van der Waals surface area (Å²) in [6.07, 6.45) is 1.65. The number of fused-ring (bicyclic) bond motifs is 1. The second-order valence-electron chi connectivity index (χ2n) is 3.90. The second-order valence-corrected chi connectivity index (χ2v) is 5.87. The molecule has 0 radical (unpaired) electrons. The van der Waals surface area contributed by atoms with E-state index in [0.29, 0.717) is 5.39 Å². The van der Waals surface area contributed by atoms with E-state index in [0.717, 1.165) is 0 Å². The molecule has 5 nitrogen and oxygen atoms in total. The molecule has 19 heavy (non-hydrogen) atoms. The number of para-hydroxylation sites is 1. The number of hydrogen-bond donors (Lipinski definition) is 0. The third kappa shape index (κ3) is 2.58. The molecule has 1 heterocycles. The minimum absolute atomic E-state index is 0.00512. The summed E-state index contributed by atoms with van der Waals surface area (Å²) in [5.41, 5.74) is -0.422. The van der Waals surface area contributed by atoms with Gasteiger partial charge >= 0.3 is 11.6 Å². The normalized spacial score (nSPS) is 12.3. The van der Waals surface area contributed by atoms with E-state index in [1.807, 2.05) is 0 Å². The average Bonchev–Trinajstić information content (AvgIpc) is 2.38. The fourth-order valence-corrected chi connectivity index (χ4v) is 3.08. The summed E-state index contributed by atoms with van der Waals surface area (Å²) in [6, 6.07) is 6.54. The van der Waals surface area contributed by atoms with Crippen molar-refractivity contribution in [3.8, 4) is 5.75 Å². The van der Waals surface area contributed by atoms with E-state index in [4.69, 9.17) is 4.42 Å². The van der Waals surface area contributed by atoms with Crippen LogP contribution in [-0.4, -0.2) is 25.1 Å². The van der Waals surface area contributed by atoms with E-state index < -0.39 is 22.5 Å². The maximum Gasteiger partial charge on any atom is 0.391 e. The number of benzene rings is 1. The molecular formula is C13H12O5S. The van der Waals surface area contributed by atoms with Gasteiger partial charge in [-0.3, -0.25) is 0 Å². The summed E-state index contributed by atoms with van der Waals surface area (Å²) in [6.45, 7) is 0. The zero-order valence-corrected chi connectivity index (χ0v) is 11.3. The number of methoxy groups -OCH3 is 1. The monoisotopic (exact) mass is 280 g/mol. The van der Waals surface area contributed by atoms with Crippen LogP contribution in [0.2, 0.25) is 0 Å². The summed E-state index contributed by atoms with van der Waals surface area (Å²) < 4.78 is 9.65. The number of esters is 1. The van der Waals surface area contributed by atoms with Gasteiger partial charge < -0.3 is 14.3 Å². The quantitative estimate of drug-likeness (QED) is 0.468. The van der Waals surface area contributed by atoms with Crippen LogP contribution in [0.15, 0.2) is 38.4 Å². The fraction of sp³-hybridized carbons (Fsp3) is 0.231. The van der Waals surface area contributed by atoms with Gasteiger partial charge in [0.2, 0.25) is 10.6 Å². The van der Waals surface area contributed by atoms with Gasteiger partial charge in [0.05, 0.1) is 7.11 Å². The molecule has 1 aromatic heterocycles. The van der Waals surface area contributed by atoms with Crippen molar-refractivity contribution in [2.45, 2.75) is 4.90 Å². The van der Waals surface area contributed by atoms with Gasteiger partial charge in [-0.15, -0.1) is 0 Å². The van der Waals surface area contributed by atoms with Crippen LogP contribution < -0.4 is 10.7 Å². The number of ether oxygens (including phenoxy) is 1. The number of carbonyl (C=O) groups is 1. The van der Waals surface area contributed by atoms with E-state index in [9.17, 15) is 14.7 Å². The lowest BCUT2D eigenvalue weighted by atomic mass is 10.2. The molecule has 1 atom stereocenters. The molecule has 0 aliphatic carbocycles. The van der Waals surface area contributed by atoms with Crippen LogP contribution in [0.1, 0.15) is 0 Å². The van der Waals surface area contributed by atoms with Crippen molar-refractivity contribution in [1.29, 1.82) is 0 Å². The van der Waals surface area contributed by atoms with E-state index in [1.165, 1.54) is 7.11 Å². The van der Waals surface area contributed by atoms with Gasteiger partial charge in [0, 0.05) is 16.3 Å². The molecule has 0 N–H and O–H groups in total. The third-order valence-corrected chi connectivity index (χ3v) is 4.35. The number of carbonyl (C=O) groups excluding carboxylic acids is 1. The Bertz CT molecular complexity index is 676. The van der Waals surface area contributed by atoms with Crippen molar-refractivity contribution in [2.75, 3.05) is 19.1 Å². The highest BCUT2D eigenvalue weighted by Crippen LogP contribution is 2.27. The Morgan fingerprint density at radius 1 is 1.42 bits per heavy atom. The lowest BCUT2D eigenvalue weighted by Gasteiger charge is -2.12. The average molecular weight is 280 g/mol. The van der Waals surface area contributed by atoms with Gasteiger partial charge in [0.1, 0.15) is 11.8 Å². The van der Waals surface area contributed by atoms with Crippen molar-refractivity contribution in [3.63, 3.8) is 0 Å². The van der Waals surface area contributed by atoms with E-state index in [2.05, 4.69) is 4.74 Å². The Hall–Kier alpha value is -1.95. The van der Waals surface area contributed by atoms with E-state index in [-0.39, 0.29) is 22.0 Å². The molecule has 0 aliphatic heterocycles. The lowest BCUT2D eigenvalue weighted by molar-refractivity contribution is -0.270. The van der Waals surface area contributed by atoms with Crippen molar-refractivity contribution in [1.82, 2.24) is 0 Å². The van der Waals surface area contributed by atoms with Crippen LogP contribution in [-0.2, 0) is 20.4 Å². The number of hydrogen-bond acceptors (Lipinski definition) is 5. The molecule has 1 unspecified atom stereocenters. The van der Waals surface area contributed by atoms with Gasteiger partial charge in [0.25, 0.3) is 0 Å². The molecule has 0 saturated carbocycles. The molecule has 6 heteroatoms. The number of rotatable bonds is 3. The molecule has 0 spiro atoms. The first-order valence-corrected chi connectivity index (χ1v) is 7.27.